The van der Waals surface area contributed by atoms with Crippen molar-refractivity contribution in [3.8, 4) is 5.88 Å². The summed E-state index contributed by atoms with van der Waals surface area (Å²) < 4.78 is 30.3. The van der Waals surface area contributed by atoms with E-state index in [-0.39, 0.29) is 22.6 Å². The van der Waals surface area contributed by atoms with Crippen molar-refractivity contribution < 1.29 is 17.5 Å². The van der Waals surface area contributed by atoms with Gasteiger partial charge in [0.2, 0.25) is 5.82 Å². The van der Waals surface area contributed by atoms with Crippen LogP contribution in [-0.4, -0.2) is 29.4 Å². The fraction of sp³-hybridized carbons (Fsp3) is 0.474. The summed E-state index contributed by atoms with van der Waals surface area (Å²) in [5.74, 6) is -0.472. The van der Waals surface area contributed by atoms with Crippen LogP contribution in [0.2, 0.25) is 0 Å². The first kappa shape index (κ1) is 22.5. The number of nitrogens with zero attached hydrogens (tertiary/aromatic N) is 3. The van der Waals surface area contributed by atoms with Gasteiger partial charge in [-0.3, -0.25) is 10.1 Å². The van der Waals surface area contributed by atoms with Crippen LogP contribution in [0.1, 0.15) is 50.9 Å². The van der Waals surface area contributed by atoms with E-state index in [1.165, 1.54) is 19.1 Å². The number of anilines is 1. The highest BCUT2D eigenvalue weighted by Crippen LogP contribution is 2.34. The van der Waals surface area contributed by atoms with Crippen LogP contribution in [-0.2, 0) is 10.1 Å². The Morgan fingerprint density at radius 3 is 2.21 bits per heavy atom. The zero-order valence-corrected chi connectivity index (χ0v) is 17.8. The third-order valence-corrected chi connectivity index (χ3v) is 5.49. The Morgan fingerprint density at radius 1 is 1.10 bits per heavy atom. The first-order valence-corrected chi connectivity index (χ1v) is 10.9. The van der Waals surface area contributed by atoms with Crippen LogP contribution in [0.3, 0.4) is 0 Å². The summed E-state index contributed by atoms with van der Waals surface area (Å²) in [5, 5.41) is 14.8. The van der Waals surface area contributed by atoms with Gasteiger partial charge in [0.25, 0.3) is 0 Å². The summed E-state index contributed by atoms with van der Waals surface area (Å²) in [6, 6.07) is 5.95. The largest absolute Gasteiger partial charge is 0.374 e. The van der Waals surface area contributed by atoms with Crippen molar-refractivity contribution in [2.75, 3.05) is 5.32 Å². The lowest BCUT2D eigenvalue weighted by Gasteiger charge is -2.18. The van der Waals surface area contributed by atoms with Gasteiger partial charge in [-0.1, -0.05) is 44.4 Å². The van der Waals surface area contributed by atoms with Crippen LogP contribution >= 0.6 is 0 Å². The van der Waals surface area contributed by atoms with E-state index in [4.69, 9.17) is 4.18 Å². The van der Waals surface area contributed by atoms with Crippen LogP contribution in [0, 0.1) is 24.0 Å². The molecule has 0 radical (unpaired) electrons. The smallest absolute Gasteiger partial charge is 0.361 e. The standard InChI is InChI=1S/C19H26N4O5S/c1-5-7-15(8-6-2)22-18-17(23(24)25)19(21-14(4)20-18)28-29(26,27)16-11-9-13(3)10-12-16/h9-12,15H,5-8H2,1-4H3,(H,20,21,22). The Balaban J connectivity index is 2.47. The van der Waals surface area contributed by atoms with E-state index in [9.17, 15) is 18.5 Å². The highest BCUT2D eigenvalue weighted by atomic mass is 32.2. The molecule has 2 rings (SSSR count). The zero-order chi connectivity index (χ0) is 21.6. The van der Waals surface area contributed by atoms with E-state index < -0.39 is 26.6 Å². The van der Waals surface area contributed by atoms with Crippen LogP contribution in [0.15, 0.2) is 29.2 Å². The summed E-state index contributed by atoms with van der Waals surface area (Å²) in [6.45, 7) is 7.38. The number of nitrogens with one attached hydrogen (secondary N) is 1. The molecule has 1 heterocycles. The predicted molar refractivity (Wildman–Crippen MR) is 110 cm³/mol. The van der Waals surface area contributed by atoms with Gasteiger partial charge in [0.05, 0.1) is 4.92 Å². The molecular formula is C19H26N4O5S. The molecule has 29 heavy (non-hydrogen) atoms. The summed E-state index contributed by atoms with van der Waals surface area (Å²) in [4.78, 5) is 18.9. The zero-order valence-electron chi connectivity index (χ0n) is 17.0. The van der Waals surface area contributed by atoms with Gasteiger partial charge in [-0.2, -0.15) is 13.4 Å². The highest BCUT2D eigenvalue weighted by Gasteiger charge is 2.31. The monoisotopic (exact) mass is 422 g/mol. The Labute approximate surface area is 170 Å². The Kier molecular flexibility index (Phi) is 7.49. The predicted octanol–water partition coefficient (Wildman–Crippen LogP) is 4.15. The molecule has 9 nitrogen and oxygen atoms in total. The molecule has 0 fully saturated rings. The molecule has 10 heteroatoms. The second kappa shape index (κ2) is 9.64. The highest BCUT2D eigenvalue weighted by molar-refractivity contribution is 7.87. The molecule has 0 saturated carbocycles. The molecule has 0 saturated heterocycles. The average molecular weight is 423 g/mol. The number of hydrogen-bond donors (Lipinski definition) is 1. The Bertz CT molecular complexity index is 955. The van der Waals surface area contributed by atoms with Gasteiger partial charge >= 0.3 is 21.7 Å². The van der Waals surface area contributed by atoms with E-state index in [2.05, 4.69) is 15.3 Å². The van der Waals surface area contributed by atoms with Crippen molar-refractivity contribution >= 4 is 21.6 Å². The molecule has 1 N–H and O–H groups in total. The summed E-state index contributed by atoms with van der Waals surface area (Å²) >= 11 is 0. The lowest BCUT2D eigenvalue weighted by molar-refractivity contribution is -0.385. The Hall–Kier alpha value is -2.75. The normalized spacial score (nSPS) is 11.5. The third kappa shape index (κ3) is 5.86. The topological polar surface area (TPSA) is 124 Å². The van der Waals surface area contributed by atoms with Crippen molar-refractivity contribution in [1.29, 1.82) is 0 Å². The van der Waals surface area contributed by atoms with Gasteiger partial charge in [-0.15, -0.1) is 0 Å². The SMILES string of the molecule is CCCC(CCC)Nc1nc(C)nc(OS(=O)(=O)c2ccc(C)cc2)c1[N+](=O)[O-]. The number of aryl methyl sites for hydroxylation is 2. The molecule has 0 spiro atoms. The van der Waals surface area contributed by atoms with E-state index in [0.29, 0.717) is 0 Å². The Morgan fingerprint density at radius 2 is 1.69 bits per heavy atom. The molecule has 0 aliphatic heterocycles. The van der Waals surface area contributed by atoms with Gasteiger partial charge in [0.15, 0.2) is 0 Å². The molecule has 0 aliphatic rings. The van der Waals surface area contributed by atoms with Crippen LogP contribution < -0.4 is 9.50 Å². The third-order valence-electron chi connectivity index (χ3n) is 4.26. The van der Waals surface area contributed by atoms with Crippen molar-refractivity contribution in [2.45, 2.75) is 64.3 Å². The van der Waals surface area contributed by atoms with Gasteiger partial charge in [0.1, 0.15) is 10.7 Å². The number of hydrogen-bond acceptors (Lipinski definition) is 8. The number of benzene rings is 1. The lowest BCUT2D eigenvalue weighted by Crippen LogP contribution is -2.22. The molecule has 1 aromatic heterocycles. The molecule has 0 unspecified atom stereocenters. The molecule has 0 amide bonds. The minimum atomic E-state index is -4.29. The quantitative estimate of drug-likeness (QED) is 0.344. The van der Waals surface area contributed by atoms with E-state index in [1.54, 1.807) is 12.1 Å². The van der Waals surface area contributed by atoms with Crippen molar-refractivity contribution in [3.05, 3.63) is 45.8 Å². The summed E-state index contributed by atoms with van der Waals surface area (Å²) in [6.07, 6.45) is 3.37. The maximum absolute atomic E-state index is 12.6. The van der Waals surface area contributed by atoms with Gasteiger partial charge in [-0.05, 0) is 38.8 Å². The molecule has 1 aromatic carbocycles. The molecule has 2 aromatic rings. The van der Waals surface area contributed by atoms with Crippen LogP contribution in [0.4, 0.5) is 11.5 Å². The number of aromatic nitrogens is 2. The first-order chi connectivity index (χ1) is 13.7. The lowest BCUT2D eigenvalue weighted by atomic mass is 10.1. The van der Waals surface area contributed by atoms with Gasteiger partial charge in [0, 0.05) is 6.04 Å². The number of nitro groups is 1. The second-order valence-corrected chi connectivity index (χ2v) is 8.35. The minimum absolute atomic E-state index is 0.0282. The van der Waals surface area contributed by atoms with Gasteiger partial charge in [-0.25, -0.2) is 4.98 Å². The summed E-state index contributed by atoms with van der Waals surface area (Å²) in [5.41, 5.74) is 0.278. The second-order valence-electron chi connectivity index (χ2n) is 6.80. The fourth-order valence-corrected chi connectivity index (χ4v) is 3.79. The molecule has 0 bridgehead atoms. The molecule has 158 valence electrons. The van der Waals surface area contributed by atoms with Crippen molar-refractivity contribution in [2.24, 2.45) is 0 Å². The van der Waals surface area contributed by atoms with Crippen LogP contribution in [0.5, 0.6) is 5.88 Å². The van der Waals surface area contributed by atoms with E-state index >= 15 is 0 Å². The van der Waals surface area contributed by atoms with E-state index in [0.717, 1.165) is 31.2 Å². The van der Waals surface area contributed by atoms with E-state index in [1.807, 2.05) is 20.8 Å². The van der Waals surface area contributed by atoms with Gasteiger partial charge < -0.3 is 9.50 Å². The first-order valence-electron chi connectivity index (χ1n) is 9.48. The molecule has 0 atom stereocenters. The maximum Gasteiger partial charge on any atom is 0.374 e. The number of rotatable bonds is 10. The van der Waals surface area contributed by atoms with Crippen molar-refractivity contribution in [3.63, 3.8) is 0 Å². The van der Waals surface area contributed by atoms with Crippen molar-refractivity contribution in [1.82, 2.24) is 9.97 Å². The van der Waals surface area contributed by atoms with Crippen LogP contribution in [0.25, 0.3) is 0 Å². The fourth-order valence-electron chi connectivity index (χ4n) is 2.90. The summed E-state index contributed by atoms with van der Waals surface area (Å²) in [7, 11) is -4.29. The molecular weight excluding hydrogens is 396 g/mol. The maximum atomic E-state index is 12.6. The average Bonchev–Trinajstić information content (AvgIpc) is 2.61. The molecule has 0 aliphatic carbocycles. The minimum Gasteiger partial charge on any atom is -0.361 e.